The molecule has 3 rings (SSSR count). The van der Waals surface area contributed by atoms with Gasteiger partial charge in [0.15, 0.2) is 0 Å². The maximum atomic E-state index is 15.5. The number of nitrogens with zero attached hydrogens (tertiary/aromatic N) is 2. The van der Waals surface area contributed by atoms with Gasteiger partial charge in [0, 0.05) is 19.6 Å². The van der Waals surface area contributed by atoms with Crippen LogP contribution >= 0.6 is 0 Å². The van der Waals surface area contributed by atoms with E-state index >= 15 is 4.39 Å². The van der Waals surface area contributed by atoms with Gasteiger partial charge in [0.05, 0.1) is 12.0 Å². The predicted molar refractivity (Wildman–Crippen MR) is 99.9 cm³/mol. The summed E-state index contributed by atoms with van der Waals surface area (Å²) in [5.41, 5.74) is -4.01. The van der Waals surface area contributed by atoms with Gasteiger partial charge in [0.25, 0.3) is 0 Å². The molecule has 1 N–H and O–H groups in total. The third kappa shape index (κ3) is 3.99. The van der Waals surface area contributed by atoms with E-state index < -0.39 is 41.4 Å². The largest absolute Gasteiger partial charge is 0.479 e. The lowest BCUT2D eigenvalue weighted by Crippen LogP contribution is -2.69. The number of likely N-dealkylation sites (tertiary alicyclic amines) is 2. The Morgan fingerprint density at radius 2 is 1.59 bits per heavy atom. The molecule has 1 unspecified atom stereocenters. The quantitative estimate of drug-likeness (QED) is 0.826. The Bertz CT molecular complexity index is 803. The van der Waals surface area contributed by atoms with E-state index in [4.69, 9.17) is 9.47 Å². The first kappa shape index (κ1) is 20.9. The number of hydrogen-bond acceptors (Lipinski definition) is 5. The molecule has 0 aliphatic carbocycles. The Kier molecular flexibility index (Phi) is 5.19. The number of amides is 2. The molecule has 2 aliphatic rings. The summed E-state index contributed by atoms with van der Waals surface area (Å²) in [5.74, 6) is -1.65. The van der Waals surface area contributed by atoms with Crippen LogP contribution in [0.4, 0.5) is 14.0 Å². The first-order chi connectivity index (χ1) is 13.5. The fourth-order valence-corrected chi connectivity index (χ4v) is 3.70. The summed E-state index contributed by atoms with van der Waals surface area (Å²) in [4.78, 5) is 38.6. The van der Waals surface area contributed by atoms with Crippen molar-refractivity contribution in [2.45, 2.75) is 38.6 Å². The zero-order valence-electron chi connectivity index (χ0n) is 16.7. The number of hydrogen-bond donors (Lipinski definition) is 1. The minimum atomic E-state index is -2.67. The molecule has 2 saturated heterocycles. The number of carbonyl (C=O) groups excluding carboxylic acids is 2. The first-order valence-electron chi connectivity index (χ1n) is 9.32. The fraction of sp³-hybridized carbons (Fsp3) is 0.550. The van der Waals surface area contributed by atoms with Gasteiger partial charge in [0.2, 0.25) is 5.67 Å². The second kappa shape index (κ2) is 7.20. The van der Waals surface area contributed by atoms with Gasteiger partial charge in [-0.1, -0.05) is 30.3 Å². The smallest absolute Gasteiger partial charge is 0.410 e. The number of ether oxygens (including phenoxy) is 2. The molecule has 2 amide bonds. The van der Waals surface area contributed by atoms with E-state index in [0.717, 1.165) is 10.5 Å². The van der Waals surface area contributed by atoms with Crippen LogP contribution in [0.5, 0.6) is 0 Å². The van der Waals surface area contributed by atoms with Crippen molar-refractivity contribution < 1.29 is 33.4 Å². The molecule has 1 aromatic rings. The Morgan fingerprint density at radius 1 is 1.03 bits per heavy atom. The summed E-state index contributed by atoms with van der Waals surface area (Å²) in [6.07, 6.45) is -1.43. The number of halogens is 1. The lowest BCUT2D eigenvalue weighted by molar-refractivity contribution is -0.167. The Hall–Kier alpha value is -2.84. The molecule has 0 aromatic heterocycles. The number of alkyl halides is 1. The SMILES string of the molecule is CC(C)(C)OC(=O)N1CC2(CN(C(=O)OCc3ccccc3)CC2(F)C(=O)O)C1. The van der Waals surface area contributed by atoms with Gasteiger partial charge in [0.1, 0.15) is 12.2 Å². The highest BCUT2D eigenvalue weighted by molar-refractivity contribution is 5.83. The maximum Gasteiger partial charge on any atom is 0.410 e. The van der Waals surface area contributed by atoms with Crippen LogP contribution in [-0.4, -0.2) is 70.5 Å². The number of carbonyl (C=O) groups is 3. The summed E-state index contributed by atoms with van der Waals surface area (Å²) < 4.78 is 25.9. The summed E-state index contributed by atoms with van der Waals surface area (Å²) >= 11 is 0. The van der Waals surface area contributed by atoms with Crippen molar-refractivity contribution in [1.29, 1.82) is 0 Å². The summed E-state index contributed by atoms with van der Waals surface area (Å²) in [6.45, 7) is 4.05. The van der Waals surface area contributed by atoms with E-state index in [1.807, 2.05) is 6.07 Å². The second-order valence-corrected chi connectivity index (χ2v) is 8.62. The van der Waals surface area contributed by atoms with Crippen molar-refractivity contribution >= 4 is 18.2 Å². The van der Waals surface area contributed by atoms with Gasteiger partial charge in [-0.2, -0.15) is 0 Å². The lowest BCUT2D eigenvalue weighted by atomic mass is 9.69. The average molecular weight is 408 g/mol. The monoisotopic (exact) mass is 408 g/mol. The molecule has 0 saturated carbocycles. The Morgan fingerprint density at radius 3 is 2.10 bits per heavy atom. The first-order valence-corrected chi connectivity index (χ1v) is 9.32. The van der Waals surface area contributed by atoms with E-state index in [-0.39, 0.29) is 26.2 Å². The third-order valence-corrected chi connectivity index (χ3v) is 5.18. The molecule has 2 heterocycles. The normalized spacial score (nSPS) is 22.9. The van der Waals surface area contributed by atoms with Crippen LogP contribution in [0.2, 0.25) is 0 Å². The molecule has 2 aliphatic heterocycles. The van der Waals surface area contributed by atoms with Crippen molar-refractivity contribution in [2.75, 3.05) is 26.2 Å². The molecule has 158 valence electrons. The molecule has 1 spiro atoms. The zero-order chi connectivity index (χ0) is 21.4. The van der Waals surface area contributed by atoms with Crippen molar-refractivity contribution in [2.24, 2.45) is 5.41 Å². The number of carboxylic acids is 1. The van der Waals surface area contributed by atoms with Crippen LogP contribution in [0.3, 0.4) is 0 Å². The third-order valence-electron chi connectivity index (χ3n) is 5.18. The summed E-state index contributed by atoms with van der Waals surface area (Å²) in [7, 11) is 0. The van der Waals surface area contributed by atoms with Crippen LogP contribution < -0.4 is 0 Å². The highest BCUT2D eigenvalue weighted by Gasteiger charge is 2.70. The number of aliphatic carboxylic acids is 1. The Balaban J connectivity index is 1.66. The van der Waals surface area contributed by atoms with Gasteiger partial charge in [-0.05, 0) is 26.3 Å². The predicted octanol–water partition coefficient (Wildman–Crippen LogP) is 2.67. The number of rotatable bonds is 3. The van der Waals surface area contributed by atoms with Crippen LogP contribution in [0.15, 0.2) is 30.3 Å². The topological polar surface area (TPSA) is 96.4 Å². The lowest BCUT2D eigenvalue weighted by Gasteiger charge is -2.50. The van der Waals surface area contributed by atoms with Gasteiger partial charge in [-0.15, -0.1) is 0 Å². The van der Waals surface area contributed by atoms with Crippen molar-refractivity contribution in [3.63, 3.8) is 0 Å². The molecule has 2 fully saturated rings. The average Bonchev–Trinajstić information content (AvgIpc) is 2.93. The fourth-order valence-electron chi connectivity index (χ4n) is 3.70. The van der Waals surface area contributed by atoms with Crippen molar-refractivity contribution in [3.05, 3.63) is 35.9 Å². The summed E-state index contributed by atoms with van der Waals surface area (Å²) in [6, 6.07) is 8.97. The molecular weight excluding hydrogens is 383 g/mol. The van der Waals surface area contributed by atoms with Crippen LogP contribution in [0.25, 0.3) is 0 Å². The molecule has 8 nitrogen and oxygen atoms in total. The summed E-state index contributed by atoms with van der Waals surface area (Å²) in [5, 5.41) is 9.50. The van der Waals surface area contributed by atoms with Gasteiger partial charge in [-0.3, -0.25) is 0 Å². The van der Waals surface area contributed by atoms with Crippen LogP contribution in [0, 0.1) is 5.41 Å². The maximum absolute atomic E-state index is 15.5. The molecule has 29 heavy (non-hydrogen) atoms. The Labute approximate surface area is 168 Å². The van der Waals surface area contributed by atoms with E-state index in [2.05, 4.69) is 0 Å². The van der Waals surface area contributed by atoms with Crippen molar-refractivity contribution in [3.8, 4) is 0 Å². The highest BCUT2D eigenvalue weighted by Crippen LogP contribution is 2.49. The van der Waals surface area contributed by atoms with Crippen LogP contribution in [-0.2, 0) is 20.9 Å². The van der Waals surface area contributed by atoms with E-state index in [9.17, 15) is 19.5 Å². The van der Waals surface area contributed by atoms with E-state index in [1.165, 1.54) is 4.90 Å². The molecule has 9 heteroatoms. The van der Waals surface area contributed by atoms with Gasteiger partial charge >= 0.3 is 18.2 Å². The molecule has 1 atom stereocenters. The molecule has 1 aromatic carbocycles. The van der Waals surface area contributed by atoms with Gasteiger partial charge in [-0.25, -0.2) is 18.8 Å². The molecular formula is C20H25FN2O6. The van der Waals surface area contributed by atoms with Gasteiger partial charge < -0.3 is 24.4 Å². The standard InChI is InChI=1S/C20H25FN2O6/c1-18(2,3)29-17(27)22-10-19(11-22)12-23(13-20(19,21)15(24)25)16(26)28-9-14-7-5-4-6-8-14/h4-8H,9-13H2,1-3H3,(H,24,25). The molecule has 0 radical (unpaired) electrons. The minimum Gasteiger partial charge on any atom is -0.479 e. The van der Waals surface area contributed by atoms with Crippen LogP contribution in [0.1, 0.15) is 26.3 Å². The highest BCUT2D eigenvalue weighted by atomic mass is 19.1. The second-order valence-electron chi connectivity index (χ2n) is 8.62. The van der Waals surface area contributed by atoms with E-state index in [0.29, 0.717) is 0 Å². The number of carboxylic acid groups (broad SMARTS) is 1. The van der Waals surface area contributed by atoms with Crippen molar-refractivity contribution in [1.82, 2.24) is 9.80 Å². The zero-order valence-corrected chi connectivity index (χ0v) is 16.7. The minimum absolute atomic E-state index is 0.000432. The molecule has 0 bridgehead atoms. The number of benzene rings is 1. The van der Waals surface area contributed by atoms with E-state index in [1.54, 1.807) is 45.0 Å².